The number of methoxy groups -OCH3 is 1. The van der Waals surface area contributed by atoms with E-state index in [9.17, 15) is 13.6 Å². The van der Waals surface area contributed by atoms with Crippen LogP contribution in [-0.4, -0.2) is 72.0 Å². The Bertz CT molecular complexity index is 590. The molecule has 0 aliphatic carbocycles. The summed E-state index contributed by atoms with van der Waals surface area (Å²) in [5.41, 5.74) is 1.38. The highest BCUT2D eigenvalue weighted by Crippen LogP contribution is 2.35. The van der Waals surface area contributed by atoms with Crippen LogP contribution >= 0.6 is 0 Å². The van der Waals surface area contributed by atoms with Gasteiger partial charge >= 0.3 is 0 Å². The van der Waals surface area contributed by atoms with E-state index >= 15 is 0 Å². The van der Waals surface area contributed by atoms with Crippen molar-refractivity contribution in [2.45, 2.75) is 31.4 Å². The molecule has 3 rings (SSSR count). The van der Waals surface area contributed by atoms with Gasteiger partial charge < -0.3 is 9.64 Å². The maximum Gasteiger partial charge on any atom is 0.262 e. The van der Waals surface area contributed by atoms with Crippen molar-refractivity contribution in [3.63, 3.8) is 0 Å². The highest BCUT2D eigenvalue weighted by Gasteiger charge is 2.50. The summed E-state index contributed by atoms with van der Waals surface area (Å²) in [6.45, 7) is 2.84. The zero-order chi connectivity index (χ0) is 16.6. The zero-order valence-corrected chi connectivity index (χ0v) is 13.3. The number of aryl methyl sites for hydroxylation is 1. The number of carbonyl (C=O) groups is 1. The first-order valence-corrected chi connectivity index (χ1v) is 7.74. The van der Waals surface area contributed by atoms with E-state index in [1.807, 2.05) is 6.92 Å². The van der Waals surface area contributed by atoms with Crippen molar-refractivity contribution >= 4 is 5.91 Å². The van der Waals surface area contributed by atoms with Crippen molar-refractivity contribution in [1.29, 1.82) is 0 Å². The molecule has 0 spiro atoms. The summed E-state index contributed by atoms with van der Waals surface area (Å²) in [4.78, 5) is 19.9. The Morgan fingerprint density at radius 3 is 2.87 bits per heavy atom. The molecular formula is C16H21F2N3O2. The molecule has 0 radical (unpaired) electrons. The first-order chi connectivity index (χ1) is 10.9. The molecule has 5 nitrogen and oxygen atoms in total. The molecule has 1 aromatic heterocycles. The summed E-state index contributed by atoms with van der Waals surface area (Å²) in [7, 11) is 1.52. The normalized spacial score (nSPS) is 24.7. The lowest BCUT2D eigenvalue weighted by Gasteiger charge is -2.45. The fourth-order valence-electron chi connectivity index (χ4n) is 3.39. The molecule has 7 heteroatoms. The quantitative estimate of drug-likeness (QED) is 0.843. The van der Waals surface area contributed by atoms with Crippen molar-refractivity contribution in [2.75, 3.05) is 33.4 Å². The number of ether oxygens (including phenoxy) is 1. The van der Waals surface area contributed by atoms with Crippen molar-refractivity contribution in [1.82, 2.24) is 14.8 Å². The molecule has 0 aromatic carbocycles. The van der Waals surface area contributed by atoms with E-state index in [4.69, 9.17) is 4.74 Å². The second-order valence-electron chi connectivity index (χ2n) is 6.39. The average molecular weight is 325 g/mol. The number of pyridine rings is 1. The van der Waals surface area contributed by atoms with Crippen LogP contribution in [0.25, 0.3) is 0 Å². The van der Waals surface area contributed by atoms with E-state index < -0.39 is 5.92 Å². The van der Waals surface area contributed by atoms with Gasteiger partial charge in [-0.05, 0) is 19.1 Å². The number of rotatable bonds is 4. The molecule has 1 amide bonds. The third-order valence-corrected chi connectivity index (χ3v) is 4.54. The first kappa shape index (κ1) is 16.3. The summed E-state index contributed by atoms with van der Waals surface area (Å²) in [6, 6.07) is 3.13. The number of nitrogens with zero attached hydrogens (tertiary/aromatic N) is 3. The Morgan fingerprint density at radius 1 is 1.48 bits per heavy atom. The molecule has 3 heterocycles. The number of amides is 1. The van der Waals surface area contributed by atoms with E-state index in [0.717, 1.165) is 5.69 Å². The molecule has 1 unspecified atom stereocenters. The average Bonchev–Trinajstić information content (AvgIpc) is 2.72. The van der Waals surface area contributed by atoms with Gasteiger partial charge in [-0.25, -0.2) is 8.78 Å². The van der Waals surface area contributed by atoms with Gasteiger partial charge in [0.25, 0.3) is 11.8 Å². The minimum atomic E-state index is -2.67. The van der Waals surface area contributed by atoms with Crippen LogP contribution in [0.15, 0.2) is 18.3 Å². The monoisotopic (exact) mass is 325 g/mol. The molecule has 2 fully saturated rings. The highest BCUT2D eigenvalue weighted by atomic mass is 19.3. The molecule has 126 valence electrons. The summed E-state index contributed by atoms with van der Waals surface area (Å²) >= 11 is 0. The largest absolute Gasteiger partial charge is 0.383 e. The van der Waals surface area contributed by atoms with Gasteiger partial charge in [0, 0.05) is 56.2 Å². The van der Waals surface area contributed by atoms with Crippen LogP contribution in [0, 0.1) is 6.92 Å². The minimum absolute atomic E-state index is 0.0181. The fourth-order valence-corrected chi connectivity index (χ4v) is 3.39. The van der Waals surface area contributed by atoms with Crippen LogP contribution in [0.3, 0.4) is 0 Å². The van der Waals surface area contributed by atoms with Crippen molar-refractivity contribution in [3.05, 3.63) is 29.6 Å². The van der Waals surface area contributed by atoms with Gasteiger partial charge in [-0.1, -0.05) is 0 Å². The lowest BCUT2D eigenvalue weighted by Crippen LogP contribution is -2.62. The van der Waals surface area contributed by atoms with E-state index in [-0.39, 0.29) is 31.0 Å². The zero-order valence-electron chi connectivity index (χ0n) is 13.3. The van der Waals surface area contributed by atoms with E-state index in [1.165, 1.54) is 7.11 Å². The second kappa shape index (κ2) is 6.13. The summed E-state index contributed by atoms with van der Waals surface area (Å²) in [5.74, 6) is -2.74. The number of aromatic nitrogens is 1. The predicted molar refractivity (Wildman–Crippen MR) is 80.6 cm³/mol. The predicted octanol–water partition coefficient (Wildman–Crippen LogP) is 1.57. The molecular weight excluding hydrogens is 304 g/mol. The van der Waals surface area contributed by atoms with Gasteiger partial charge in [0.2, 0.25) is 0 Å². The molecule has 2 aliphatic rings. The Hall–Kier alpha value is -1.60. The minimum Gasteiger partial charge on any atom is -0.383 e. The number of carbonyl (C=O) groups excluding carboxylic acids is 1. The number of halogens is 2. The molecule has 2 saturated heterocycles. The third-order valence-electron chi connectivity index (χ3n) is 4.54. The van der Waals surface area contributed by atoms with Gasteiger partial charge in [-0.15, -0.1) is 0 Å². The van der Waals surface area contributed by atoms with E-state index in [0.29, 0.717) is 25.3 Å². The van der Waals surface area contributed by atoms with Gasteiger partial charge in [-0.3, -0.25) is 14.7 Å². The lowest BCUT2D eigenvalue weighted by atomic mass is 10.0. The lowest BCUT2D eigenvalue weighted by molar-refractivity contribution is -0.0136. The van der Waals surface area contributed by atoms with Crippen LogP contribution in [0.5, 0.6) is 0 Å². The molecule has 23 heavy (non-hydrogen) atoms. The van der Waals surface area contributed by atoms with Gasteiger partial charge in [0.05, 0.1) is 13.2 Å². The maximum absolute atomic E-state index is 13.7. The summed E-state index contributed by atoms with van der Waals surface area (Å²) in [5, 5.41) is 0. The molecule has 1 atom stereocenters. The van der Waals surface area contributed by atoms with Crippen LogP contribution in [0.4, 0.5) is 8.78 Å². The van der Waals surface area contributed by atoms with Gasteiger partial charge in [-0.2, -0.15) is 0 Å². The Kier molecular flexibility index (Phi) is 4.33. The molecule has 2 aliphatic heterocycles. The SMILES string of the molecule is COCC1CC(F)(F)CN1C1CN(C(=O)c2ccnc(C)c2)C1. The standard InChI is InChI=1S/C16H21F2N3O2/c1-11-5-12(3-4-19-11)15(22)20-7-14(8-20)21-10-16(17,18)6-13(21)9-23-2/h3-5,13-14H,6-10H2,1-2H3. The fraction of sp³-hybridized carbons (Fsp3) is 0.625. The van der Waals surface area contributed by atoms with Crippen molar-refractivity contribution in [2.24, 2.45) is 0 Å². The van der Waals surface area contributed by atoms with Crippen molar-refractivity contribution < 1.29 is 18.3 Å². The van der Waals surface area contributed by atoms with Gasteiger partial charge in [0.15, 0.2) is 0 Å². The van der Waals surface area contributed by atoms with Crippen molar-refractivity contribution in [3.8, 4) is 0 Å². The van der Waals surface area contributed by atoms with E-state index in [1.54, 1.807) is 28.1 Å². The number of hydrogen-bond donors (Lipinski definition) is 0. The molecule has 0 N–H and O–H groups in total. The number of likely N-dealkylation sites (tertiary alicyclic amines) is 2. The van der Waals surface area contributed by atoms with Crippen LogP contribution in [-0.2, 0) is 4.74 Å². The summed E-state index contributed by atoms with van der Waals surface area (Å²) in [6.07, 6.45) is 1.43. The first-order valence-electron chi connectivity index (χ1n) is 7.74. The highest BCUT2D eigenvalue weighted by molar-refractivity contribution is 5.94. The van der Waals surface area contributed by atoms with Crippen LogP contribution in [0.2, 0.25) is 0 Å². The second-order valence-corrected chi connectivity index (χ2v) is 6.39. The molecule has 0 bridgehead atoms. The number of hydrogen-bond acceptors (Lipinski definition) is 4. The molecule has 0 saturated carbocycles. The Labute approximate surface area is 134 Å². The number of alkyl halides is 2. The maximum atomic E-state index is 13.7. The summed E-state index contributed by atoms with van der Waals surface area (Å²) < 4.78 is 32.4. The Balaban J connectivity index is 1.61. The van der Waals surface area contributed by atoms with E-state index in [2.05, 4.69) is 4.98 Å². The van der Waals surface area contributed by atoms with Gasteiger partial charge in [0.1, 0.15) is 0 Å². The topological polar surface area (TPSA) is 45.7 Å². The third kappa shape index (κ3) is 3.35. The van der Waals surface area contributed by atoms with Crippen LogP contribution in [0.1, 0.15) is 22.5 Å². The van der Waals surface area contributed by atoms with Crippen LogP contribution < -0.4 is 0 Å². The Morgan fingerprint density at radius 2 is 2.22 bits per heavy atom. The smallest absolute Gasteiger partial charge is 0.262 e. The molecule has 1 aromatic rings.